The van der Waals surface area contributed by atoms with Crippen LogP contribution in [-0.4, -0.2) is 11.6 Å². The van der Waals surface area contributed by atoms with Gasteiger partial charge in [-0.15, -0.1) is 0 Å². The Morgan fingerprint density at radius 2 is 1.41 bits per heavy atom. The summed E-state index contributed by atoms with van der Waals surface area (Å²) in [5.74, 6) is -0.308. The Morgan fingerprint density at radius 1 is 0.941 bits per heavy atom. The van der Waals surface area contributed by atoms with Gasteiger partial charge in [0, 0.05) is 12.8 Å². The molecule has 0 unspecified atom stereocenters. The molecule has 0 bridgehead atoms. The average molecular weight is 230 g/mol. The Labute approximate surface area is 102 Å². The summed E-state index contributed by atoms with van der Waals surface area (Å²) in [6.07, 6.45) is 1.81. The maximum Gasteiger partial charge on any atom is 0.147 e. The van der Waals surface area contributed by atoms with Crippen LogP contribution in [0.1, 0.15) is 47.4 Å². The molecule has 1 aliphatic carbocycles. The molecule has 1 saturated carbocycles. The molecule has 2 heteroatoms. The van der Waals surface area contributed by atoms with E-state index in [-0.39, 0.29) is 11.6 Å². The van der Waals surface area contributed by atoms with Crippen LogP contribution in [0.3, 0.4) is 0 Å². The molecular weight excluding hydrogens is 212 g/mol. The molecule has 1 aromatic carbocycles. The lowest BCUT2D eigenvalue weighted by Crippen LogP contribution is -2.27. The number of rotatable bonds is 1. The minimum atomic E-state index is -0.496. The Kier molecular flexibility index (Phi) is 3.14. The van der Waals surface area contributed by atoms with Gasteiger partial charge >= 0.3 is 0 Å². The molecule has 2 rings (SSSR count). The maximum atomic E-state index is 12.0. The normalized spacial score (nSPS) is 17.6. The van der Waals surface area contributed by atoms with Crippen molar-refractivity contribution < 1.29 is 9.59 Å². The number of hydrogen-bond donors (Lipinski definition) is 0. The van der Waals surface area contributed by atoms with Gasteiger partial charge in [-0.3, -0.25) is 9.59 Å². The van der Waals surface area contributed by atoms with E-state index in [2.05, 4.69) is 12.1 Å². The number of benzene rings is 1. The fourth-order valence-corrected chi connectivity index (χ4v) is 2.87. The monoisotopic (exact) mass is 230 g/mol. The highest BCUT2D eigenvalue weighted by molar-refractivity contribution is 6.09. The van der Waals surface area contributed by atoms with Gasteiger partial charge in [0.05, 0.1) is 0 Å². The Hall–Kier alpha value is -1.44. The molecule has 90 valence electrons. The molecule has 0 atom stereocenters. The van der Waals surface area contributed by atoms with Gasteiger partial charge in [0.1, 0.15) is 17.5 Å². The van der Waals surface area contributed by atoms with Crippen LogP contribution in [0.15, 0.2) is 12.1 Å². The molecule has 0 spiro atoms. The summed E-state index contributed by atoms with van der Waals surface area (Å²) in [5, 5.41) is 0. The van der Waals surface area contributed by atoms with Gasteiger partial charge in [-0.1, -0.05) is 17.7 Å². The second-order valence-corrected chi connectivity index (χ2v) is 5.03. The van der Waals surface area contributed by atoms with Gasteiger partial charge < -0.3 is 0 Å². The molecule has 17 heavy (non-hydrogen) atoms. The van der Waals surface area contributed by atoms with E-state index in [1.165, 1.54) is 5.56 Å². The summed E-state index contributed by atoms with van der Waals surface area (Å²) < 4.78 is 0. The van der Waals surface area contributed by atoms with Crippen LogP contribution in [0.4, 0.5) is 0 Å². The predicted octanol–water partition coefficient (Wildman–Crippen LogP) is 3.02. The number of Topliss-reactive ketones (excluding diaryl/α,β-unsaturated/α-hetero) is 2. The lowest BCUT2D eigenvalue weighted by molar-refractivity contribution is -0.131. The van der Waals surface area contributed by atoms with Gasteiger partial charge in [-0.05, 0) is 43.9 Å². The van der Waals surface area contributed by atoms with Gasteiger partial charge in [0.2, 0.25) is 0 Å². The largest absolute Gasteiger partial charge is 0.299 e. The summed E-state index contributed by atoms with van der Waals surface area (Å²) in [7, 11) is 0. The molecule has 0 heterocycles. The molecule has 0 aliphatic heterocycles. The van der Waals surface area contributed by atoms with Crippen molar-refractivity contribution in [1.29, 1.82) is 0 Å². The molecule has 0 radical (unpaired) electrons. The molecule has 1 aromatic rings. The number of carbonyl (C=O) groups is 2. The first-order valence-corrected chi connectivity index (χ1v) is 6.14. The lowest BCUT2D eigenvalue weighted by atomic mass is 9.78. The van der Waals surface area contributed by atoms with Crippen LogP contribution >= 0.6 is 0 Å². The summed E-state index contributed by atoms with van der Waals surface area (Å²) >= 11 is 0. The van der Waals surface area contributed by atoms with E-state index >= 15 is 0 Å². The van der Waals surface area contributed by atoms with Crippen molar-refractivity contribution in [2.75, 3.05) is 0 Å². The zero-order valence-corrected chi connectivity index (χ0v) is 10.7. The van der Waals surface area contributed by atoms with E-state index in [9.17, 15) is 9.59 Å². The fraction of sp³-hybridized carbons (Fsp3) is 0.467. The highest BCUT2D eigenvalue weighted by Crippen LogP contribution is 2.32. The van der Waals surface area contributed by atoms with Gasteiger partial charge in [0.25, 0.3) is 0 Å². The van der Waals surface area contributed by atoms with E-state index in [1.54, 1.807) is 0 Å². The van der Waals surface area contributed by atoms with Crippen LogP contribution < -0.4 is 0 Å². The smallest absolute Gasteiger partial charge is 0.147 e. The SMILES string of the molecule is Cc1cc(C)c(C2C(=O)CCCC2=O)c(C)c1. The van der Waals surface area contributed by atoms with Gasteiger partial charge in [-0.25, -0.2) is 0 Å². The Morgan fingerprint density at radius 3 is 1.88 bits per heavy atom. The van der Waals surface area contributed by atoms with Crippen LogP contribution in [0.2, 0.25) is 0 Å². The quantitative estimate of drug-likeness (QED) is 0.695. The second kappa shape index (κ2) is 4.44. The van der Waals surface area contributed by atoms with E-state index < -0.39 is 5.92 Å². The predicted molar refractivity (Wildman–Crippen MR) is 67.3 cm³/mol. The van der Waals surface area contributed by atoms with Crippen molar-refractivity contribution in [3.05, 3.63) is 34.4 Å². The summed E-state index contributed by atoms with van der Waals surface area (Å²) in [5.41, 5.74) is 4.26. The van der Waals surface area contributed by atoms with E-state index in [0.29, 0.717) is 12.8 Å². The zero-order chi connectivity index (χ0) is 12.6. The van der Waals surface area contributed by atoms with Crippen molar-refractivity contribution >= 4 is 11.6 Å². The molecule has 0 N–H and O–H groups in total. The topological polar surface area (TPSA) is 34.1 Å². The minimum Gasteiger partial charge on any atom is -0.299 e. The third-order valence-electron chi connectivity index (χ3n) is 3.52. The van der Waals surface area contributed by atoms with Crippen molar-refractivity contribution in [2.45, 2.75) is 46.0 Å². The molecule has 0 saturated heterocycles. The van der Waals surface area contributed by atoms with Gasteiger partial charge in [0.15, 0.2) is 0 Å². The summed E-state index contributed by atoms with van der Waals surface area (Å²) in [6, 6.07) is 4.11. The number of hydrogen-bond acceptors (Lipinski definition) is 2. The standard InChI is InChI=1S/C15H18O2/c1-9-7-10(2)14(11(3)8-9)15-12(16)5-4-6-13(15)17/h7-8,15H,4-6H2,1-3H3. The molecule has 1 aliphatic rings. The summed E-state index contributed by atoms with van der Waals surface area (Å²) in [6.45, 7) is 6.02. The average Bonchev–Trinajstić information content (AvgIpc) is 2.21. The number of ketones is 2. The molecule has 1 fully saturated rings. The third kappa shape index (κ3) is 2.17. The van der Waals surface area contributed by atoms with Crippen LogP contribution in [0.5, 0.6) is 0 Å². The minimum absolute atomic E-state index is 0.0938. The lowest BCUT2D eigenvalue weighted by Gasteiger charge is -2.23. The van der Waals surface area contributed by atoms with Crippen molar-refractivity contribution in [3.8, 4) is 0 Å². The van der Waals surface area contributed by atoms with Gasteiger partial charge in [-0.2, -0.15) is 0 Å². The molecular formula is C15H18O2. The van der Waals surface area contributed by atoms with E-state index in [4.69, 9.17) is 0 Å². The molecule has 2 nitrogen and oxygen atoms in total. The van der Waals surface area contributed by atoms with Crippen LogP contribution in [0, 0.1) is 20.8 Å². The highest BCUT2D eigenvalue weighted by atomic mass is 16.2. The first-order valence-electron chi connectivity index (χ1n) is 6.14. The fourth-order valence-electron chi connectivity index (χ4n) is 2.87. The highest BCUT2D eigenvalue weighted by Gasteiger charge is 2.33. The second-order valence-electron chi connectivity index (χ2n) is 5.03. The molecule has 0 aromatic heterocycles. The first kappa shape index (κ1) is 12.0. The maximum absolute atomic E-state index is 12.0. The summed E-state index contributed by atoms with van der Waals surface area (Å²) in [4.78, 5) is 23.9. The van der Waals surface area contributed by atoms with Crippen LogP contribution in [0.25, 0.3) is 0 Å². The first-order chi connectivity index (χ1) is 8.00. The number of carbonyl (C=O) groups excluding carboxylic acids is 2. The van der Waals surface area contributed by atoms with Crippen molar-refractivity contribution in [2.24, 2.45) is 0 Å². The van der Waals surface area contributed by atoms with Crippen molar-refractivity contribution in [3.63, 3.8) is 0 Å². The van der Waals surface area contributed by atoms with Crippen LogP contribution in [-0.2, 0) is 9.59 Å². The van der Waals surface area contributed by atoms with E-state index in [1.807, 2.05) is 20.8 Å². The van der Waals surface area contributed by atoms with E-state index in [0.717, 1.165) is 23.1 Å². The molecule has 0 amide bonds. The zero-order valence-electron chi connectivity index (χ0n) is 10.7. The third-order valence-corrected chi connectivity index (χ3v) is 3.52. The Balaban J connectivity index is 2.52. The number of aryl methyl sites for hydroxylation is 3. The van der Waals surface area contributed by atoms with Crippen molar-refractivity contribution in [1.82, 2.24) is 0 Å². The Bertz CT molecular complexity index is 447.